The Morgan fingerprint density at radius 2 is 1.82 bits per heavy atom. The average molecular weight is 427 g/mol. The van der Waals surface area contributed by atoms with Crippen molar-refractivity contribution in [3.63, 3.8) is 0 Å². The van der Waals surface area contributed by atoms with E-state index in [1.165, 1.54) is 17.2 Å². The molecule has 3 nitrogen and oxygen atoms in total. The molecule has 2 heterocycles. The lowest BCUT2D eigenvalue weighted by atomic mass is 9.88. The van der Waals surface area contributed by atoms with Gasteiger partial charge in [0, 0.05) is 43.9 Å². The third-order valence-corrected chi connectivity index (χ3v) is 6.13. The summed E-state index contributed by atoms with van der Waals surface area (Å²) in [5, 5.41) is 0. The number of hydrogen-bond acceptors (Lipinski definition) is 3. The highest BCUT2D eigenvalue weighted by Gasteiger charge is 2.46. The average Bonchev–Trinajstić information content (AvgIpc) is 3.13. The second-order valence-corrected chi connectivity index (χ2v) is 7.82. The van der Waals surface area contributed by atoms with Crippen LogP contribution < -0.4 is 4.74 Å². The van der Waals surface area contributed by atoms with Gasteiger partial charge in [0.2, 0.25) is 0 Å². The summed E-state index contributed by atoms with van der Waals surface area (Å²) in [6.07, 6.45) is 0. The molecular weight excluding hydrogens is 398 g/mol. The van der Waals surface area contributed by atoms with Crippen LogP contribution in [0.25, 0.3) is 0 Å². The van der Waals surface area contributed by atoms with E-state index >= 15 is 0 Å². The first-order valence-corrected chi connectivity index (χ1v) is 9.37. The molecule has 0 radical (unpaired) electrons. The molecule has 2 aliphatic rings. The Kier molecular flexibility index (Phi) is 7.74. The summed E-state index contributed by atoms with van der Waals surface area (Å²) in [4.78, 5) is 4.92. The topological polar surface area (TPSA) is 15.7 Å². The molecular formula is C22H29Cl2FN2O. The van der Waals surface area contributed by atoms with Crippen molar-refractivity contribution in [2.45, 2.75) is 19.5 Å². The van der Waals surface area contributed by atoms with Gasteiger partial charge in [-0.3, -0.25) is 9.80 Å². The number of aryl methyl sites for hydroxylation is 1. The molecule has 2 aliphatic heterocycles. The number of halogens is 3. The fourth-order valence-electron chi connectivity index (χ4n) is 4.89. The number of hydrogen-bond donors (Lipinski definition) is 0. The summed E-state index contributed by atoms with van der Waals surface area (Å²) in [6, 6.07) is 14.4. The van der Waals surface area contributed by atoms with E-state index in [0.29, 0.717) is 30.2 Å². The zero-order valence-corrected chi connectivity index (χ0v) is 18.2. The lowest BCUT2D eigenvalue weighted by Crippen LogP contribution is -2.29. The Labute approximate surface area is 179 Å². The number of ether oxygens (including phenoxy) is 1. The van der Waals surface area contributed by atoms with Gasteiger partial charge in [0.1, 0.15) is 11.6 Å². The number of rotatable bonds is 4. The van der Waals surface area contributed by atoms with E-state index in [1.54, 1.807) is 7.11 Å². The molecule has 4 rings (SSSR count). The predicted molar refractivity (Wildman–Crippen MR) is 116 cm³/mol. The minimum absolute atomic E-state index is 0. The zero-order chi connectivity index (χ0) is 18.3. The smallest absolute Gasteiger partial charge is 0.131 e. The Morgan fingerprint density at radius 3 is 2.50 bits per heavy atom. The van der Waals surface area contributed by atoms with E-state index in [9.17, 15) is 4.39 Å². The number of fused-ring (bicyclic) bond motifs is 1. The number of likely N-dealkylation sites (tertiary alicyclic amines) is 2. The maximum atomic E-state index is 14.3. The third kappa shape index (κ3) is 4.30. The molecule has 154 valence electrons. The van der Waals surface area contributed by atoms with Crippen molar-refractivity contribution in [3.05, 3.63) is 65.0 Å². The molecule has 0 aliphatic carbocycles. The molecule has 6 heteroatoms. The first-order valence-electron chi connectivity index (χ1n) is 9.37. The largest absolute Gasteiger partial charge is 0.497 e. The number of benzene rings is 2. The molecule has 0 N–H and O–H groups in total. The summed E-state index contributed by atoms with van der Waals surface area (Å²) in [5.74, 6) is 1.67. The van der Waals surface area contributed by atoms with Gasteiger partial charge in [-0.25, -0.2) is 4.39 Å². The molecule has 2 aromatic carbocycles. The molecule has 0 aromatic heterocycles. The van der Waals surface area contributed by atoms with Gasteiger partial charge in [0.25, 0.3) is 0 Å². The van der Waals surface area contributed by atoms with Crippen molar-refractivity contribution < 1.29 is 9.13 Å². The van der Waals surface area contributed by atoms with Crippen LogP contribution in [0.2, 0.25) is 0 Å². The monoisotopic (exact) mass is 426 g/mol. The molecule has 2 fully saturated rings. The van der Waals surface area contributed by atoms with Gasteiger partial charge in [-0.1, -0.05) is 30.3 Å². The second-order valence-electron chi connectivity index (χ2n) is 7.82. The summed E-state index contributed by atoms with van der Waals surface area (Å²) in [5.41, 5.74) is 3.57. The van der Waals surface area contributed by atoms with E-state index in [4.69, 9.17) is 4.74 Å². The Hall–Kier alpha value is -1.33. The van der Waals surface area contributed by atoms with E-state index in [1.807, 2.05) is 12.1 Å². The van der Waals surface area contributed by atoms with Crippen molar-refractivity contribution in [2.75, 3.05) is 33.8 Å². The van der Waals surface area contributed by atoms with Gasteiger partial charge in [0.05, 0.1) is 7.11 Å². The molecule has 0 bridgehead atoms. The van der Waals surface area contributed by atoms with Crippen LogP contribution in [0.3, 0.4) is 0 Å². The third-order valence-electron chi connectivity index (χ3n) is 6.13. The summed E-state index contributed by atoms with van der Waals surface area (Å²) in [6.45, 7) is 6.07. The predicted octanol–water partition coefficient (Wildman–Crippen LogP) is 4.72. The number of methoxy groups -OCH3 is 1. The quantitative estimate of drug-likeness (QED) is 0.702. The van der Waals surface area contributed by atoms with Gasteiger partial charge < -0.3 is 4.74 Å². The van der Waals surface area contributed by atoms with Gasteiger partial charge in [-0.2, -0.15) is 0 Å². The van der Waals surface area contributed by atoms with Crippen molar-refractivity contribution in [1.29, 1.82) is 0 Å². The van der Waals surface area contributed by atoms with Gasteiger partial charge >= 0.3 is 0 Å². The van der Waals surface area contributed by atoms with Crippen LogP contribution in [0, 0.1) is 24.6 Å². The van der Waals surface area contributed by atoms with E-state index < -0.39 is 0 Å². The first-order chi connectivity index (χ1) is 12.6. The van der Waals surface area contributed by atoms with E-state index in [-0.39, 0.29) is 30.6 Å². The zero-order valence-electron chi connectivity index (χ0n) is 16.6. The normalized spacial score (nSPS) is 24.4. The van der Waals surface area contributed by atoms with Crippen molar-refractivity contribution in [2.24, 2.45) is 11.8 Å². The molecule has 2 saturated heterocycles. The minimum atomic E-state index is -0.172. The summed E-state index contributed by atoms with van der Waals surface area (Å²) >= 11 is 0. The van der Waals surface area contributed by atoms with Crippen molar-refractivity contribution in [3.8, 4) is 5.75 Å². The minimum Gasteiger partial charge on any atom is -0.497 e. The maximum Gasteiger partial charge on any atom is 0.131 e. The van der Waals surface area contributed by atoms with Crippen molar-refractivity contribution in [1.82, 2.24) is 9.80 Å². The molecule has 3 atom stereocenters. The lowest BCUT2D eigenvalue weighted by Gasteiger charge is -2.28. The molecule has 28 heavy (non-hydrogen) atoms. The molecule has 0 saturated carbocycles. The highest BCUT2D eigenvalue weighted by molar-refractivity contribution is 5.85. The van der Waals surface area contributed by atoms with Crippen LogP contribution in [0.1, 0.15) is 22.7 Å². The van der Waals surface area contributed by atoms with Crippen LogP contribution in [0.15, 0.2) is 42.5 Å². The van der Waals surface area contributed by atoms with Crippen LogP contribution in [0.4, 0.5) is 4.39 Å². The fraction of sp³-hybridized carbons (Fsp3) is 0.455. The number of nitrogens with zero attached hydrogens (tertiary/aromatic N) is 2. The highest BCUT2D eigenvalue weighted by Crippen LogP contribution is 2.45. The molecule has 0 amide bonds. The molecule has 0 spiro atoms. The standard InChI is InChI=1S/C22H27FN2O.2ClH/c1-15-6-4-5-7-19(15)22-20-14-25(13-17(20)11-24(22)2)12-16-8-9-18(26-3)10-21(16)23;;/h4-10,17,20,22H,11-14H2,1-3H3;2*1H/t17-,20+,22+;;/m0../s1. The Balaban J connectivity index is 0.00000140. The summed E-state index contributed by atoms with van der Waals surface area (Å²) < 4.78 is 19.4. The lowest BCUT2D eigenvalue weighted by molar-refractivity contribution is 0.222. The molecule has 2 aromatic rings. The van der Waals surface area contributed by atoms with Gasteiger partial charge in [-0.05, 0) is 43.0 Å². The van der Waals surface area contributed by atoms with Crippen LogP contribution >= 0.6 is 24.8 Å². The SMILES string of the molecule is COc1ccc(CN2C[C@@H]3CN(C)[C@H](c4ccccc4C)[C@@H]3C2)c(F)c1.Cl.Cl. The summed E-state index contributed by atoms with van der Waals surface area (Å²) in [7, 11) is 3.81. The second kappa shape index (κ2) is 9.45. The van der Waals surface area contributed by atoms with Crippen LogP contribution in [0.5, 0.6) is 5.75 Å². The van der Waals surface area contributed by atoms with E-state index in [0.717, 1.165) is 25.2 Å². The Bertz CT molecular complexity index is 804. The Morgan fingerprint density at radius 1 is 1.07 bits per heavy atom. The van der Waals surface area contributed by atoms with E-state index in [2.05, 4.69) is 48.0 Å². The van der Waals surface area contributed by atoms with Gasteiger partial charge in [-0.15, -0.1) is 24.8 Å². The van der Waals surface area contributed by atoms with Crippen molar-refractivity contribution >= 4 is 24.8 Å². The van der Waals surface area contributed by atoms with Crippen LogP contribution in [-0.2, 0) is 6.54 Å². The first kappa shape index (κ1) is 23.0. The maximum absolute atomic E-state index is 14.3. The van der Waals surface area contributed by atoms with Crippen LogP contribution in [-0.4, -0.2) is 43.6 Å². The highest BCUT2D eigenvalue weighted by atomic mass is 35.5. The molecule has 0 unspecified atom stereocenters. The van der Waals surface area contributed by atoms with Gasteiger partial charge in [0.15, 0.2) is 0 Å². The fourth-order valence-corrected chi connectivity index (χ4v) is 4.89.